The summed E-state index contributed by atoms with van der Waals surface area (Å²) in [6.07, 6.45) is 8.38. The Hall–Kier alpha value is -0.0800. The van der Waals surface area contributed by atoms with Gasteiger partial charge in [0.2, 0.25) is 0 Å². The van der Waals surface area contributed by atoms with Crippen molar-refractivity contribution in [3.8, 4) is 0 Å². The predicted octanol–water partition coefficient (Wildman–Crippen LogP) is 3.91. The summed E-state index contributed by atoms with van der Waals surface area (Å²) in [7, 11) is 2.16. The quantitative estimate of drug-likeness (QED) is 0.843. The summed E-state index contributed by atoms with van der Waals surface area (Å²) < 4.78 is 0. The maximum atomic E-state index is 3.60. The highest BCUT2D eigenvalue weighted by atomic mass is 15.2. The molecule has 0 aromatic carbocycles. The second kappa shape index (κ2) is 6.79. The van der Waals surface area contributed by atoms with Gasteiger partial charge in [0.1, 0.15) is 0 Å². The first-order valence-electron chi connectivity index (χ1n) is 8.87. The average Bonchev–Trinajstić information content (AvgIpc) is 2.45. The van der Waals surface area contributed by atoms with Gasteiger partial charge >= 0.3 is 0 Å². The zero-order valence-electron chi connectivity index (χ0n) is 14.4. The van der Waals surface area contributed by atoms with E-state index < -0.39 is 0 Å². The fourth-order valence-corrected chi connectivity index (χ4v) is 4.44. The molecule has 1 aliphatic carbocycles. The lowest BCUT2D eigenvalue weighted by atomic mass is 9.74. The minimum absolute atomic E-state index is 0.493. The summed E-state index contributed by atoms with van der Waals surface area (Å²) in [4.78, 5) is 2.81. The molecule has 1 aliphatic heterocycles. The number of nitrogens with zero attached hydrogens (tertiary/aromatic N) is 1. The van der Waals surface area contributed by atoms with Gasteiger partial charge in [-0.15, -0.1) is 0 Å². The van der Waals surface area contributed by atoms with Gasteiger partial charge < -0.3 is 5.32 Å². The highest BCUT2D eigenvalue weighted by Crippen LogP contribution is 2.37. The molecular formula is C18H36N2. The summed E-state index contributed by atoms with van der Waals surface area (Å²) in [6, 6.07) is 1.52. The van der Waals surface area contributed by atoms with E-state index in [1.807, 2.05) is 0 Å². The van der Waals surface area contributed by atoms with Crippen molar-refractivity contribution in [3.63, 3.8) is 0 Å². The van der Waals surface area contributed by atoms with E-state index >= 15 is 0 Å². The minimum atomic E-state index is 0.493. The Morgan fingerprint density at radius 1 is 1.05 bits per heavy atom. The third-order valence-corrected chi connectivity index (χ3v) is 6.10. The number of likely N-dealkylation sites (N-methyl/N-ethyl adjacent to an activating group) is 1. The van der Waals surface area contributed by atoms with Gasteiger partial charge in [0.25, 0.3) is 0 Å². The standard InChI is InChI=1S/C18H36N2/c1-6-14-7-8-16(19-5)17(13-14)20-11-9-15(10-12-20)18(2,3)4/h14-17,19H,6-13H2,1-5H3. The lowest BCUT2D eigenvalue weighted by Crippen LogP contribution is -2.54. The Morgan fingerprint density at radius 3 is 2.20 bits per heavy atom. The molecule has 0 bridgehead atoms. The van der Waals surface area contributed by atoms with Crippen LogP contribution in [0.4, 0.5) is 0 Å². The summed E-state index contributed by atoms with van der Waals surface area (Å²) in [5.41, 5.74) is 0.493. The Morgan fingerprint density at radius 2 is 1.70 bits per heavy atom. The molecule has 0 spiro atoms. The molecule has 1 saturated carbocycles. The summed E-state index contributed by atoms with van der Waals surface area (Å²) >= 11 is 0. The van der Waals surface area contributed by atoms with E-state index in [1.165, 1.54) is 51.6 Å². The third kappa shape index (κ3) is 3.76. The van der Waals surface area contributed by atoms with Crippen molar-refractivity contribution < 1.29 is 0 Å². The average molecular weight is 280 g/mol. The molecule has 2 fully saturated rings. The normalized spacial score (nSPS) is 34.4. The van der Waals surface area contributed by atoms with Crippen LogP contribution < -0.4 is 5.32 Å². The fraction of sp³-hybridized carbons (Fsp3) is 1.00. The van der Waals surface area contributed by atoms with Crippen LogP contribution in [-0.4, -0.2) is 37.1 Å². The molecule has 2 nitrogen and oxygen atoms in total. The van der Waals surface area contributed by atoms with Crippen molar-refractivity contribution in [2.24, 2.45) is 17.3 Å². The molecule has 118 valence electrons. The predicted molar refractivity (Wildman–Crippen MR) is 88.0 cm³/mol. The van der Waals surface area contributed by atoms with Gasteiger partial charge in [-0.05, 0) is 69.5 Å². The maximum Gasteiger partial charge on any atom is 0.0251 e. The molecule has 1 heterocycles. The molecule has 0 radical (unpaired) electrons. The molecule has 0 aromatic heterocycles. The first kappa shape index (κ1) is 16.3. The van der Waals surface area contributed by atoms with Crippen molar-refractivity contribution in [2.45, 2.75) is 78.3 Å². The van der Waals surface area contributed by atoms with Crippen molar-refractivity contribution in [2.75, 3.05) is 20.1 Å². The Labute approximate surface area is 126 Å². The number of piperidine rings is 1. The van der Waals surface area contributed by atoms with Gasteiger partial charge in [0, 0.05) is 12.1 Å². The van der Waals surface area contributed by atoms with Gasteiger partial charge in [-0.3, -0.25) is 4.90 Å². The monoisotopic (exact) mass is 280 g/mol. The van der Waals surface area contributed by atoms with Crippen LogP contribution in [0.15, 0.2) is 0 Å². The van der Waals surface area contributed by atoms with Gasteiger partial charge in [-0.25, -0.2) is 0 Å². The molecule has 1 N–H and O–H groups in total. The van der Waals surface area contributed by atoms with E-state index in [9.17, 15) is 0 Å². The van der Waals surface area contributed by atoms with E-state index in [4.69, 9.17) is 0 Å². The highest BCUT2D eigenvalue weighted by Gasteiger charge is 2.36. The number of nitrogens with one attached hydrogen (secondary N) is 1. The van der Waals surface area contributed by atoms with E-state index in [2.05, 4.69) is 45.0 Å². The van der Waals surface area contributed by atoms with Crippen molar-refractivity contribution in [1.82, 2.24) is 10.2 Å². The van der Waals surface area contributed by atoms with Crippen LogP contribution in [0.5, 0.6) is 0 Å². The van der Waals surface area contributed by atoms with Crippen LogP contribution in [0, 0.1) is 17.3 Å². The van der Waals surface area contributed by atoms with Crippen LogP contribution in [0.1, 0.15) is 66.2 Å². The summed E-state index contributed by atoms with van der Waals surface area (Å²) in [6.45, 7) is 12.3. The van der Waals surface area contributed by atoms with Crippen molar-refractivity contribution >= 4 is 0 Å². The van der Waals surface area contributed by atoms with E-state index in [0.717, 1.165) is 23.9 Å². The second-order valence-electron chi connectivity index (χ2n) is 8.23. The molecular weight excluding hydrogens is 244 g/mol. The first-order chi connectivity index (χ1) is 9.45. The minimum Gasteiger partial charge on any atom is -0.315 e. The van der Waals surface area contributed by atoms with Crippen LogP contribution in [0.2, 0.25) is 0 Å². The van der Waals surface area contributed by atoms with Crippen LogP contribution >= 0.6 is 0 Å². The number of hydrogen-bond acceptors (Lipinski definition) is 2. The van der Waals surface area contributed by atoms with Crippen molar-refractivity contribution in [3.05, 3.63) is 0 Å². The maximum absolute atomic E-state index is 3.60. The second-order valence-corrected chi connectivity index (χ2v) is 8.23. The molecule has 2 heteroatoms. The lowest BCUT2D eigenvalue weighted by Gasteiger charge is -2.47. The lowest BCUT2D eigenvalue weighted by molar-refractivity contribution is 0.0423. The topological polar surface area (TPSA) is 15.3 Å². The highest BCUT2D eigenvalue weighted by molar-refractivity contribution is 4.93. The van der Waals surface area contributed by atoms with E-state index in [1.54, 1.807) is 0 Å². The molecule has 3 atom stereocenters. The van der Waals surface area contributed by atoms with Gasteiger partial charge in [-0.1, -0.05) is 34.1 Å². The van der Waals surface area contributed by atoms with Crippen LogP contribution in [-0.2, 0) is 0 Å². The van der Waals surface area contributed by atoms with Gasteiger partial charge in [0.05, 0.1) is 0 Å². The first-order valence-corrected chi connectivity index (χ1v) is 8.87. The molecule has 1 saturated heterocycles. The number of rotatable bonds is 3. The summed E-state index contributed by atoms with van der Waals surface area (Å²) in [5, 5.41) is 3.60. The Kier molecular flexibility index (Phi) is 5.53. The molecule has 2 rings (SSSR count). The smallest absolute Gasteiger partial charge is 0.0251 e. The molecule has 20 heavy (non-hydrogen) atoms. The molecule has 0 amide bonds. The Bertz CT molecular complexity index is 286. The fourth-order valence-electron chi connectivity index (χ4n) is 4.44. The molecule has 2 aliphatic rings. The van der Waals surface area contributed by atoms with Gasteiger partial charge in [0.15, 0.2) is 0 Å². The summed E-state index contributed by atoms with van der Waals surface area (Å²) in [5.74, 6) is 1.88. The number of hydrogen-bond donors (Lipinski definition) is 1. The van der Waals surface area contributed by atoms with Gasteiger partial charge in [-0.2, -0.15) is 0 Å². The Balaban J connectivity index is 1.93. The zero-order valence-corrected chi connectivity index (χ0v) is 14.4. The van der Waals surface area contributed by atoms with E-state index in [-0.39, 0.29) is 0 Å². The van der Waals surface area contributed by atoms with Crippen LogP contribution in [0.25, 0.3) is 0 Å². The largest absolute Gasteiger partial charge is 0.315 e. The number of likely N-dealkylation sites (tertiary alicyclic amines) is 1. The SMILES string of the molecule is CCC1CCC(NC)C(N2CCC(C(C)(C)C)CC2)C1. The van der Waals surface area contributed by atoms with Crippen molar-refractivity contribution in [1.29, 1.82) is 0 Å². The molecule has 3 unspecified atom stereocenters. The van der Waals surface area contributed by atoms with E-state index in [0.29, 0.717) is 5.41 Å². The third-order valence-electron chi connectivity index (χ3n) is 6.10. The zero-order chi connectivity index (χ0) is 14.8. The van der Waals surface area contributed by atoms with Crippen LogP contribution in [0.3, 0.4) is 0 Å². The molecule has 0 aromatic rings.